The van der Waals surface area contributed by atoms with Gasteiger partial charge in [0.2, 0.25) is 0 Å². The number of halogens is 1. The second kappa shape index (κ2) is 5.31. The van der Waals surface area contributed by atoms with Crippen LogP contribution < -0.4 is 5.32 Å². The van der Waals surface area contributed by atoms with Gasteiger partial charge < -0.3 is 5.32 Å². The predicted molar refractivity (Wildman–Crippen MR) is 91.3 cm³/mol. The van der Waals surface area contributed by atoms with Crippen LogP contribution in [0.1, 0.15) is 20.8 Å². The molecule has 2 heterocycles. The molecule has 20 heavy (non-hydrogen) atoms. The number of amides is 1. The number of hydrogen-bond acceptors (Lipinski definition) is 3. The Balaban J connectivity index is 1.91. The molecule has 0 saturated carbocycles. The molecule has 1 N–H and O–H groups in total. The molecular formula is C15H12BrNOS2. The molecule has 0 saturated heterocycles. The Morgan fingerprint density at radius 2 is 2.00 bits per heavy atom. The zero-order valence-corrected chi connectivity index (χ0v) is 14.2. The van der Waals surface area contributed by atoms with Gasteiger partial charge in [0.05, 0.1) is 10.6 Å². The molecule has 0 aliphatic rings. The van der Waals surface area contributed by atoms with Crippen molar-refractivity contribution in [3.63, 3.8) is 0 Å². The second-order valence-electron chi connectivity index (χ2n) is 4.65. The summed E-state index contributed by atoms with van der Waals surface area (Å²) in [5.74, 6) is -0.0500. The molecule has 2 nitrogen and oxygen atoms in total. The Morgan fingerprint density at radius 3 is 2.70 bits per heavy atom. The molecule has 0 bridgehead atoms. The van der Waals surface area contributed by atoms with E-state index in [-0.39, 0.29) is 5.91 Å². The molecule has 102 valence electrons. The molecule has 3 rings (SSSR count). The van der Waals surface area contributed by atoms with Crippen molar-refractivity contribution in [1.29, 1.82) is 0 Å². The van der Waals surface area contributed by atoms with Crippen LogP contribution in [0.4, 0.5) is 5.69 Å². The molecule has 0 aliphatic heterocycles. The highest BCUT2D eigenvalue weighted by atomic mass is 79.9. The minimum Gasteiger partial charge on any atom is -0.320 e. The Kier molecular flexibility index (Phi) is 3.67. The van der Waals surface area contributed by atoms with Crippen LogP contribution in [0.5, 0.6) is 0 Å². The lowest BCUT2D eigenvalue weighted by Crippen LogP contribution is -2.11. The summed E-state index contributed by atoms with van der Waals surface area (Å²) in [7, 11) is 0. The number of rotatable bonds is 2. The number of carbonyl (C=O) groups excluding carboxylic acids is 1. The fraction of sp³-hybridized carbons (Fsp3) is 0.133. The lowest BCUT2D eigenvalue weighted by atomic mass is 10.1. The molecule has 5 heteroatoms. The third kappa shape index (κ3) is 2.53. The van der Waals surface area contributed by atoms with Crippen LogP contribution in [-0.2, 0) is 0 Å². The lowest BCUT2D eigenvalue weighted by molar-refractivity contribution is 0.103. The third-order valence-electron chi connectivity index (χ3n) is 3.03. The summed E-state index contributed by atoms with van der Waals surface area (Å²) in [5.41, 5.74) is 3.07. The van der Waals surface area contributed by atoms with E-state index in [2.05, 4.69) is 33.4 Å². The zero-order chi connectivity index (χ0) is 14.3. The number of benzene rings is 1. The van der Waals surface area contributed by atoms with E-state index in [0.29, 0.717) is 0 Å². The summed E-state index contributed by atoms with van der Waals surface area (Å²) >= 11 is 6.71. The molecule has 3 aromatic rings. The topological polar surface area (TPSA) is 29.1 Å². The highest BCUT2D eigenvalue weighted by Gasteiger charge is 2.14. The van der Waals surface area contributed by atoms with Gasteiger partial charge >= 0.3 is 0 Å². The first-order chi connectivity index (χ1) is 9.54. The summed E-state index contributed by atoms with van der Waals surface area (Å²) < 4.78 is 3.25. The largest absolute Gasteiger partial charge is 0.320 e. The van der Waals surface area contributed by atoms with E-state index in [1.807, 2.05) is 31.4 Å². The Bertz CT molecular complexity index is 752. The van der Waals surface area contributed by atoms with Crippen molar-refractivity contribution in [3.05, 3.63) is 50.1 Å². The Morgan fingerprint density at radius 1 is 1.20 bits per heavy atom. The van der Waals surface area contributed by atoms with Gasteiger partial charge in [-0.25, -0.2) is 0 Å². The summed E-state index contributed by atoms with van der Waals surface area (Å²) in [4.78, 5) is 13.1. The number of thiophene rings is 2. The molecule has 0 spiro atoms. The summed E-state index contributed by atoms with van der Waals surface area (Å²) in [6, 6.07) is 8.08. The van der Waals surface area contributed by atoms with Crippen molar-refractivity contribution >= 4 is 59.6 Å². The van der Waals surface area contributed by atoms with E-state index in [9.17, 15) is 4.79 Å². The molecule has 1 aromatic carbocycles. The smallest absolute Gasteiger partial charge is 0.265 e. The quantitative estimate of drug-likeness (QED) is 0.629. The third-order valence-corrected chi connectivity index (χ3v) is 5.75. The first-order valence-electron chi connectivity index (χ1n) is 6.10. The number of anilines is 1. The van der Waals surface area contributed by atoms with Gasteiger partial charge in [-0.1, -0.05) is 6.07 Å². The van der Waals surface area contributed by atoms with Crippen LogP contribution in [-0.4, -0.2) is 5.91 Å². The fourth-order valence-electron chi connectivity index (χ4n) is 2.13. The number of nitrogens with one attached hydrogen (secondary N) is 1. The number of carbonyl (C=O) groups is 1. The average Bonchev–Trinajstić information content (AvgIpc) is 2.93. The van der Waals surface area contributed by atoms with Crippen LogP contribution in [0.2, 0.25) is 0 Å². The van der Waals surface area contributed by atoms with Gasteiger partial charge in [-0.3, -0.25) is 4.79 Å². The lowest BCUT2D eigenvalue weighted by Gasteiger charge is -2.11. The maximum Gasteiger partial charge on any atom is 0.265 e. The van der Waals surface area contributed by atoms with E-state index >= 15 is 0 Å². The van der Waals surface area contributed by atoms with E-state index in [1.165, 1.54) is 26.3 Å². The number of aryl methyl sites for hydroxylation is 2. The summed E-state index contributed by atoms with van der Waals surface area (Å²) in [5, 5.41) is 5.05. The molecule has 0 atom stereocenters. The Labute approximate surface area is 133 Å². The molecule has 0 unspecified atom stereocenters. The Hall–Kier alpha value is -1.17. The standard InChI is InChI=1S/C15H12BrNOS2/c1-8-5-9(2)14(10(16)6-8)17-15(18)13-7-12-11(20-13)3-4-19-12/h3-7H,1-2H3,(H,17,18). The molecule has 0 fully saturated rings. The van der Waals surface area contributed by atoms with E-state index < -0.39 is 0 Å². The van der Waals surface area contributed by atoms with Gasteiger partial charge in [0.25, 0.3) is 5.91 Å². The van der Waals surface area contributed by atoms with Crippen LogP contribution in [0.3, 0.4) is 0 Å². The summed E-state index contributed by atoms with van der Waals surface area (Å²) in [6.07, 6.45) is 0. The normalized spacial score (nSPS) is 10.9. The zero-order valence-electron chi connectivity index (χ0n) is 11.0. The van der Waals surface area contributed by atoms with Gasteiger partial charge in [-0.05, 0) is 64.5 Å². The maximum absolute atomic E-state index is 12.4. The fourth-order valence-corrected chi connectivity index (χ4v) is 4.90. The molecule has 0 aliphatic carbocycles. The van der Waals surface area contributed by atoms with Crippen LogP contribution in [0, 0.1) is 13.8 Å². The first kappa shape index (κ1) is 13.8. The van der Waals surface area contributed by atoms with Gasteiger partial charge in [-0.2, -0.15) is 0 Å². The maximum atomic E-state index is 12.4. The van der Waals surface area contributed by atoms with Crippen molar-refractivity contribution < 1.29 is 4.79 Å². The van der Waals surface area contributed by atoms with Crippen molar-refractivity contribution in [3.8, 4) is 0 Å². The highest BCUT2D eigenvalue weighted by Crippen LogP contribution is 2.32. The minimum atomic E-state index is -0.0500. The highest BCUT2D eigenvalue weighted by molar-refractivity contribution is 9.10. The molecule has 0 radical (unpaired) electrons. The van der Waals surface area contributed by atoms with E-state index in [0.717, 1.165) is 20.6 Å². The molecular weight excluding hydrogens is 354 g/mol. The van der Waals surface area contributed by atoms with E-state index in [1.54, 1.807) is 11.3 Å². The second-order valence-corrected chi connectivity index (χ2v) is 7.54. The average molecular weight is 366 g/mol. The van der Waals surface area contributed by atoms with Gasteiger partial charge in [0, 0.05) is 13.9 Å². The molecule has 1 amide bonds. The van der Waals surface area contributed by atoms with Crippen molar-refractivity contribution in [1.82, 2.24) is 0 Å². The monoisotopic (exact) mass is 365 g/mol. The molecule has 2 aromatic heterocycles. The predicted octanol–water partition coefficient (Wildman–Crippen LogP) is 5.59. The van der Waals surface area contributed by atoms with Crippen molar-refractivity contribution in [2.75, 3.05) is 5.32 Å². The van der Waals surface area contributed by atoms with Crippen molar-refractivity contribution in [2.24, 2.45) is 0 Å². The van der Waals surface area contributed by atoms with E-state index in [4.69, 9.17) is 0 Å². The SMILES string of the molecule is Cc1cc(C)c(NC(=O)c2cc3sccc3s2)c(Br)c1. The van der Waals surface area contributed by atoms with Crippen LogP contribution >= 0.6 is 38.6 Å². The van der Waals surface area contributed by atoms with Crippen LogP contribution in [0.25, 0.3) is 9.40 Å². The first-order valence-corrected chi connectivity index (χ1v) is 8.58. The number of hydrogen-bond donors (Lipinski definition) is 1. The van der Waals surface area contributed by atoms with Gasteiger partial charge in [-0.15, -0.1) is 22.7 Å². The minimum absolute atomic E-state index is 0.0500. The summed E-state index contributed by atoms with van der Waals surface area (Å²) in [6.45, 7) is 4.04. The number of fused-ring (bicyclic) bond motifs is 1. The van der Waals surface area contributed by atoms with Crippen molar-refractivity contribution in [2.45, 2.75) is 13.8 Å². The van der Waals surface area contributed by atoms with Gasteiger partial charge in [0.1, 0.15) is 0 Å². The van der Waals surface area contributed by atoms with Gasteiger partial charge in [0.15, 0.2) is 0 Å². The van der Waals surface area contributed by atoms with Crippen LogP contribution in [0.15, 0.2) is 34.1 Å².